The smallest absolute Gasteiger partial charge is 0.310 e. The van der Waals surface area contributed by atoms with Gasteiger partial charge in [0.05, 0.1) is 37.5 Å². The molecule has 2 unspecified atom stereocenters. The van der Waals surface area contributed by atoms with Crippen LogP contribution in [0.25, 0.3) is 0 Å². The van der Waals surface area contributed by atoms with Gasteiger partial charge < -0.3 is 9.47 Å². The minimum atomic E-state index is -3.46. The number of carbonyl (C=O) groups is 1. The average Bonchev–Trinajstić information content (AvgIpc) is 2.72. The van der Waals surface area contributed by atoms with Gasteiger partial charge in [-0.25, -0.2) is 13.1 Å². The zero-order valence-corrected chi connectivity index (χ0v) is 10.5. The van der Waals surface area contributed by atoms with Crippen molar-refractivity contribution in [1.29, 1.82) is 0 Å². The SMILES string of the molecule is COC(=O)C1CCCC1S(=O)(=O)NC1COC1. The second kappa shape index (κ2) is 4.91. The largest absolute Gasteiger partial charge is 0.469 e. The van der Waals surface area contributed by atoms with E-state index in [-0.39, 0.29) is 6.04 Å². The second-order valence-corrected chi connectivity index (χ2v) is 6.43. The topological polar surface area (TPSA) is 81.7 Å². The van der Waals surface area contributed by atoms with Gasteiger partial charge in [0.2, 0.25) is 10.0 Å². The van der Waals surface area contributed by atoms with Crippen LogP contribution >= 0.6 is 0 Å². The lowest BCUT2D eigenvalue weighted by atomic mass is 10.1. The van der Waals surface area contributed by atoms with Gasteiger partial charge in [0.25, 0.3) is 0 Å². The Balaban J connectivity index is 2.05. The third-order valence-electron chi connectivity index (χ3n) is 3.32. The van der Waals surface area contributed by atoms with E-state index in [4.69, 9.17) is 4.74 Å². The van der Waals surface area contributed by atoms with Crippen LogP contribution in [0, 0.1) is 5.92 Å². The van der Waals surface area contributed by atoms with Crippen LogP contribution < -0.4 is 4.72 Å². The Bertz CT molecular complexity index is 390. The molecule has 2 rings (SSSR count). The van der Waals surface area contributed by atoms with Crippen molar-refractivity contribution in [2.75, 3.05) is 20.3 Å². The highest BCUT2D eigenvalue weighted by atomic mass is 32.2. The normalized spacial score (nSPS) is 29.9. The predicted molar refractivity (Wildman–Crippen MR) is 59.8 cm³/mol. The average molecular weight is 263 g/mol. The lowest BCUT2D eigenvalue weighted by Gasteiger charge is -2.29. The molecule has 2 atom stereocenters. The first-order valence-electron chi connectivity index (χ1n) is 5.71. The van der Waals surface area contributed by atoms with Crippen molar-refractivity contribution in [3.8, 4) is 0 Å². The number of sulfonamides is 1. The van der Waals surface area contributed by atoms with Gasteiger partial charge in [-0.1, -0.05) is 6.42 Å². The molecule has 1 N–H and O–H groups in total. The van der Waals surface area contributed by atoms with Crippen LogP contribution in [0.4, 0.5) is 0 Å². The zero-order chi connectivity index (χ0) is 12.5. The van der Waals surface area contributed by atoms with Crippen molar-refractivity contribution in [2.45, 2.75) is 30.6 Å². The lowest BCUT2D eigenvalue weighted by molar-refractivity contribution is -0.145. The molecule has 1 saturated carbocycles. The van der Waals surface area contributed by atoms with Gasteiger partial charge in [0.1, 0.15) is 0 Å². The Morgan fingerprint density at radius 1 is 1.35 bits per heavy atom. The molecule has 0 aromatic heterocycles. The van der Waals surface area contributed by atoms with Crippen molar-refractivity contribution >= 4 is 16.0 Å². The van der Waals surface area contributed by atoms with E-state index in [2.05, 4.69) is 9.46 Å². The number of hydrogen-bond acceptors (Lipinski definition) is 5. The maximum Gasteiger partial charge on any atom is 0.310 e. The molecule has 1 heterocycles. The van der Waals surface area contributed by atoms with E-state index in [1.54, 1.807) is 0 Å². The monoisotopic (exact) mass is 263 g/mol. The summed E-state index contributed by atoms with van der Waals surface area (Å²) in [5.74, 6) is -0.957. The molecule has 0 aromatic rings. The molecule has 6 nitrogen and oxygen atoms in total. The summed E-state index contributed by atoms with van der Waals surface area (Å²) in [6.45, 7) is 0.823. The molecular formula is C10H17NO5S. The molecular weight excluding hydrogens is 246 g/mol. The van der Waals surface area contributed by atoms with Crippen LogP contribution in [-0.4, -0.2) is 46.0 Å². The first-order chi connectivity index (χ1) is 8.04. The first-order valence-corrected chi connectivity index (χ1v) is 7.26. The van der Waals surface area contributed by atoms with E-state index >= 15 is 0 Å². The van der Waals surface area contributed by atoms with Gasteiger partial charge in [-0.3, -0.25) is 4.79 Å². The lowest BCUT2D eigenvalue weighted by Crippen LogP contribution is -2.52. The van der Waals surface area contributed by atoms with E-state index in [1.807, 2.05) is 0 Å². The third-order valence-corrected chi connectivity index (χ3v) is 5.35. The molecule has 7 heteroatoms. The molecule has 0 aromatic carbocycles. The number of esters is 1. The minimum Gasteiger partial charge on any atom is -0.469 e. The van der Waals surface area contributed by atoms with Crippen molar-refractivity contribution in [3.05, 3.63) is 0 Å². The minimum absolute atomic E-state index is 0.140. The second-order valence-electron chi connectivity index (χ2n) is 4.50. The predicted octanol–water partition coefficient (Wildman–Crippen LogP) is -0.354. The summed E-state index contributed by atoms with van der Waals surface area (Å²) >= 11 is 0. The Labute approximate surface area is 101 Å². The van der Waals surface area contributed by atoms with Crippen LogP contribution in [0.3, 0.4) is 0 Å². The van der Waals surface area contributed by atoms with Gasteiger partial charge in [-0.05, 0) is 12.8 Å². The molecule has 2 fully saturated rings. The summed E-state index contributed by atoms with van der Waals surface area (Å²) in [5.41, 5.74) is 0. The van der Waals surface area contributed by atoms with Crippen molar-refractivity contribution in [1.82, 2.24) is 4.72 Å². The number of nitrogens with one attached hydrogen (secondary N) is 1. The van der Waals surface area contributed by atoms with E-state index in [0.29, 0.717) is 26.1 Å². The van der Waals surface area contributed by atoms with Gasteiger partial charge in [0, 0.05) is 0 Å². The van der Waals surface area contributed by atoms with Crippen LogP contribution in [-0.2, 0) is 24.3 Å². The molecule has 0 amide bonds. The number of hydrogen-bond donors (Lipinski definition) is 1. The van der Waals surface area contributed by atoms with Crippen LogP contribution in [0.15, 0.2) is 0 Å². The van der Waals surface area contributed by atoms with E-state index in [0.717, 1.165) is 6.42 Å². The molecule has 0 bridgehead atoms. The molecule has 1 aliphatic carbocycles. The fourth-order valence-electron chi connectivity index (χ4n) is 2.34. The van der Waals surface area contributed by atoms with Crippen LogP contribution in [0.5, 0.6) is 0 Å². The maximum atomic E-state index is 12.1. The highest BCUT2D eigenvalue weighted by Gasteiger charge is 2.43. The first kappa shape index (κ1) is 12.8. The summed E-state index contributed by atoms with van der Waals surface area (Å²) < 4.78 is 36.3. The Kier molecular flexibility index (Phi) is 3.70. The van der Waals surface area contributed by atoms with E-state index < -0.39 is 27.2 Å². The summed E-state index contributed by atoms with van der Waals surface area (Å²) in [6, 6.07) is -0.140. The Morgan fingerprint density at radius 2 is 2.06 bits per heavy atom. The summed E-state index contributed by atoms with van der Waals surface area (Å²) in [4.78, 5) is 11.5. The third kappa shape index (κ3) is 2.61. The highest BCUT2D eigenvalue weighted by Crippen LogP contribution is 2.32. The fraction of sp³-hybridized carbons (Fsp3) is 0.900. The van der Waals surface area contributed by atoms with Crippen LogP contribution in [0.1, 0.15) is 19.3 Å². The van der Waals surface area contributed by atoms with Gasteiger partial charge >= 0.3 is 5.97 Å². The molecule has 1 saturated heterocycles. The standard InChI is InChI=1S/C10H17NO5S/c1-15-10(12)8-3-2-4-9(8)17(13,14)11-7-5-16-6-7/h7-9,11H,2-6H2,1H3. The van der Waals surface area contributed by atoms with Crippen molar-refractivity contribution < 1.29 is 22.7 Å². The fourth-order valence-corrected chi connectivity index (χ4v) is 4.27. The van der Waals surface area contributed by atoms with Crippen LogP contribution in [0.2, 0.25) is 0 Å². The van der Waals surface area contributed by atoms with Gasteiger partial charge in [0.15, 0.2) is 0 Å². The van der Waals surface area contributed by atoms with E-state index in [1.165, 1.54) is 7.11 Å². The summed E-state index contributed by atoms with van der Waals surface area (Å²) in [7, 11) is -2.17. The van der Waals surface area contributed by atoms with Gasteiger partial charge in [-0.15, -0.1) is 0 Å². The number of rotatable bonds is 4. The molecule has 1 aliphatic heterocycles. The number of carbonyl (C=O) groups excluding carboxylic acids is 1. The quantitative estimate of drug-likeness (QED) is 0.701. The van der Waals surface area contributed by atoms with Gasteiger partial charge in [-0.2, -0.15) is 0 Å². The molecule has 0 spiro atoms. The molecule has 17 heavy (non-hydrogen) atoms. The Hall–Kier alpha value is -0.660. The molecule has 0 radical (unpaired) electrons. The van der Waals surface area contributed by atoms with Crippen molar-refractivity contribution in [3.63, 3.8) is 0 Å². The Morgan fingerprint density at radius 3 is 2.59 bits per heavy atom. The maximum absolute atomic E-state index is 12.1. The van der Waals surface area contributed by atoms with Crippen molar-refractivity contribution in [2.24, 2.45) is 5.92 Å². The van der Waals surface area contributed by atoms with E-state index in [9.17, 15) is 13.2 Å². The molecule has 2 aliphatic rings. The highest BCUT2D eigenvalue weighted by molar-refractivity contribution is 7.90. The zero-order valence-electron chi connectivity index (χ0n) is 9.72. The number of ether oxygens (including phenoxy) is 2. The number of methoxy groups -OCH3 is 1. The summed E-state index contributed by atoms with van der Waals surface area (Å²) in [5, 5.41) is -0.657. The molecule has 98 valence electrons. The summed E-state index contributed by atoms with van der Waals surface area (Å²) in [6.07, 6.45) is 1.84.